The van der Waals surface area contributed by atoms with Crippen LogP contribution in [0, 0.1) is 11.3 Å². The molecule has 1 N–H and O–H groups in total. The van der Waals surface area contributed by atoms with Gasteiger partial charge in [0, 0.05) is 28.9 Å². The van der Waals surface area contributed by atoms with Gasteiger partial charge in [0.1, 0.15) is 0 Å². The van der Waals surface area contributed by atoms with Crippen LogP contribution in [0.3, 0.4) is 0 Å². The molecular formula is C17H10N2O2. The van der Waals surface area contributed by atoms with Crippen LogP contribution in [0.25, 0.3) is 21.9 Å². The highest BCUT2D eigenvalue weighted by Crippen LogP contribution is 2.30. The second kappa shape index (κ2) is 5.06. The molecular weight excluding hydrogens is 264 g/mol. The van der Waals surface area contributed by atoms with Crippen LogP contribution < -0.4 is 0 Å². The molecule has 0 unspecified atom stereocenters. The maximum absolute atomic E-state index is 11.1. The first-order valence-electron chi connectivity index (χ1n) is 6.31. The van der Waals surface area contributed by atoms with Gasteiger partial charge in [-0.15, -0.1) is 0 Å². The van der Waals surface area contributed by atoms with Crippen molar-refractivity contribution in [1.82, 2.24) is 4.98 Å². The van der Waals surface area contributed by atoms with Gasteiger partial charge in [0.25, 0.3) is 0 Å². The van der Waals surface area contributed by atoms with E-state index in [1.54, 1.807) is 12.4 Å². The van der Waals surface area contributed by atoms with Gasteiger partial charge in [-0.25, -0.2) is 4.79 Å². The van der Waals surface area contributed by atoms with Crippen molar-refractivity contribution in [3.05, 3.63) is 66.0 Å². The van der Waals surface area contributed by atoms with Gasteiger partial charge < -0.3 is 5.11 Å². The molecule has 0 saturated heterocycles. The fourth-order valence-corrected chi connectivity index (χ4v) is 2.33. The van der Waals surface area contributed by atoms with E-state index < -0.39 is 5.97 Å². The lowest BCUT2D eigenvalue weighted by Gasteiger charge is -2.09. The summed E-state index contributed by atoms with van der Waals surface area (Å²) in [5.74, 6) is -1.02. The molecule has 0 atom stereocenters. The number of hydrogen-bond acceptors (Lipinski definition) is 3. The molecule has 0 amide bonds. The molecule has 0 aliphatic carbocycles. The summed E-state index contributed by atoms with van der Waals surface area (Å²) in [6.07, 6.45) is 3.40. The number of pyridine rings is 1. The average molecular weight is 274 g/mol. The molecule has 1 heterocycles. The Morgan fingerprint density at radius 1 is 1.10 bits per heavy atom. The highest BCUT2D eigenvalue weighted by atomic mass is 16.4. The second-order valence-electron chi connectivity index (χ2n) is 4.59. The van der Waals surface area contributed by atoms with Crippen molar-refractivity contribution in [3.8, 4) is 17.2 Å². The first-order valence-corrected chi connectivity index (χ1v) is 6.31. The van der Waals surface area contributed by atoms with Gasteiger partial charge in [0.2, 0.25) is 0 Å². The molecule has 2 aromatic carbocycles. The minimum atomic E-state index is -1.02. The van der Waals surface area contributed by atoms with E-state index in [0.717, 1.165) is 16.3 Å². The van der Waals surface area contributed by atoms with E-state index in [-0.39, 0.29) is 5.56 Å². The average Bonchev–Trinajstić information content (AvgIpc) is 2.53. The number of rotatable bonds is 2. The molecule has 1 aromatic heterocycles. The van der Waals surface area contributed by atoms with Crippen LogP contribution in [0.2, 0.25) is 0 Å². The van der Waals surface area contributed by atoms with Crippen LogP contribution in [0.4, 0.5) is 0 Å². The predicted octanol–water partition coefficient (Wildman–Crippen LogP) is 3.47. The zero-order valence-corrected chi connectivity index (χ0v) is 10.9. The van der Waals surface area contributed by atoms with Crippen LogP contribution in [0.15, 0.2) is 54.9 Å². The number of carbonyl (C=O) groups is 1. The van der Waals surface area contributed by atoms with Crippen LogP contribution in [0.5, 0.6) is 0 Å². The first-order chi connectivity index (χ1) is 10.2. The molecule has 0 aliphatic heterocycles. The molecule has 0 aliphatic rings. The lowest BCUT2D eigenvalue weighted by molar-refractivity contribution is 0.0697. The molecule has 0 fully saturated rings. The summed E-state index contributed by atoms with van der Waals surface area (Å²) in [7, 11) is 0. The normalized spacial score (nSPS) is 10.2. The van der Waals surface area contributed by atoms with Crippen LogP contribution in [-0.2, 0) is 0 Å². The molecule has 21 heavy (non-hydrogen) atoms. The van der Waals surface area contributed by atoms with Gasteiger partial charge in [-0.1, -0.05) is 24.3 Å². The quantitative estimate of drug-likeness (QED) is 0.776. The third-order valence-electron chi connectivity index (χ3n) is 3.35. The van der Waals surface area contributed by atoms with Crippen molar-refractivity contribution in [2.45, 2.75) is 0 Å². The minimum Gasteiger partial charge on any atom is -0.478 e. The Balaban J connectivity index is 2.34. The maximum Gasteiger partial charge on any atom is 0.335 e. The van der Waals surface area contributed by atoms with E-state index in [1.165, 1.54) is 18.2 Å². The molecule has 0 radical (unpaired) electrons. The first kappa shape index (κ1) is 12.8. The number of carboxylic acids is 1. The Kier molecular flexibility index (Phi) is 3.09. The summed E-state index contributed by atoms with van der Waals surface area (Å²) < 4.78 is 0. The highest BCUT2D eigenvalue weighted by Gasteiger charge is 2.12. The number of nitrogens with zero attached hydrogens (tertiary/aromatic N) is 2. The van der Waals surface area contributed by atoms with Gasteiger partial charge in [0.15, 0.2) is 0 Å². The Labute approximate surface area is 120 Å². The van der Waals surface area contributed by atoms with Crippen molar-refractivity contribution >= 4 is 16.7 Å². The van der Waals surface area contributed by atoms with Crippen LogP contribution in [-0.4, -0.2) is 16.1 Å². The van der Waals surface area contributed by atoms with E-state index in [1.807, 2.05) is 24.3 Å². The zero-order valence-electron chi connectivity index (χ0n) is 10.9. The molecule has 0 saturated carbocycles. The van der Waals surface area contributed by atoms with Crippen molar-refractivity contribution in [2.24, 2.45) is 0 Å². The smallest absolute Gasteiger partial charge is 0.335 e. The summed E-state index contributed by atoms with van der Waals surface area (Å²) in [6.45, 7) is 0. The topological polar surface area (TPSA) is 74.0 Å². The SMILES string of the molecule is N#Cc1ccc(C(=O)O)cc1-c1cncc2ccccc12. The second-order valence-corrected chi connectivity index (χ2v) is 4.59. The number of carboxylic acid groups (broad SMARTS) is 1. The Morgan fingerprint density at radius 2 is 1.90 bits per heavy atom. The van der Waals surface area contributed by atoms with Gasteiger partial charge in [0.05, 0.1) is 17.2 Å². The summed E-state index contributed by atoms with van der Waals surface area (Å²) in [5, 5.41) is 20.3. The van der Waals surface area contributed by atoms with Crippen LogP contribution >= 0.6 is 0 Å². The zero-order chi connectivity index (χ0) is 14.8. The van der Waals surface area contributed by atoms with E-state index in [2.05, 4.69) is 11.1 Å². The minimum absolute atomic E-state index is 0.150. The Hall–Kier alpha value is -3.19. The number of benzene rings is 2. The molecule has 0 bridgehead atoms. The van der Waals surface area contributed by atoms with E-state index >= 15 is 0 Å². The molecule has 100 valence electrons. The molecule has 3 aromatic rings. The van der Waals surface area contributed by atoms with Crippen molar-refractivity contribution in [2.75, 3.05) is 0 Å². The standard InChI is InChI=1S/C17H10N2O2/c18-8-12-6-5-11(17(20)21)7-15(12)16-10-19-9-13-3-1-2-4-14(13)16/h1-7,9-10H,(H,20,21). The monoisotopic (exact) mass is 274 g/mol. The van der Waals surface area contributed by atoms with Crippen molar-refractivity contribution in [1.29, 1.82) is 5.26 Å². The van der Waals surface area contributed by atoms with E-state index in [9.17, 15) is 10.1 Å². The highest BCUT2D eigenvalue weighted by molar-refractivity contribution is 5.98. The van der Waals surface area contributed by atoms with Gasteiger partial charge >= 0.3 is 5.97 Å². The van der Waals surface area contributed by atoms with Gasteiger partial charge in [-0.05, 0) is 23.6 Å². The number of fused-ring (bicyclic) bond motifs is 1. The summed E-state index contributed by atoms with van der Waals surface area (Å²) in [6, 6.07) is 14.3. The van der Waals surface area contributed by atoms with Gasteiger partial charge in [-0.3, -0.25) is 4.98 Å². The third kappa shape index (κ3) is 2.21. The molecule has 0 spiro atoms. The molecule has 4 heteroatoms. The fraction of sp³-hybridized carbons (Fsp3) is 0. The van der Waals surface area contributed by atoms with Crippen LogP contribution in [0.1, 0.15) is 15.9 Å². The number of nitriles is 1. The lowest BCUT2D eigenvalue weighted by Crippen LogP contribution is -1.98. The summed E-state index contributed by atoms with van der Waals surface area (Å²) in [4.78, 5) is 15.3. The molecule has 3 rings (SSSR count). The predicted molar refractivity (Wildman–Crippen MR) is 78.9 cm³/mol. The number of aromatic nitrogens is 1. The fourth-order valence-electron chi connectivity index (χ4n) is 2.33. The number of hydrogen-bond donors (Lipinski definition) is 1. The Morgan fingerprint density at radius 3 is 2.67 bits per heavy atom. The van der Waals surface area contributed by atoms with E-state index in [4.69, 9.17) is 5.11 Å². The maximum atomic E-state index is 11.1. The Bertz CT molecular complexity index is 889. The molecule has 4 nitrogen and oxygen atoms in total. The van der Waals surface area contributed by atoms with Gasteiger partial charge in [-0.2, -0.15) is 5.26 Å². The van der Waals surface area contributed by atoms with Crippen molar-refractivity contribution in [3.63, 3.8) is 0 Å². The summed E-state index contributed by atoms with van der Waals surface area (Å²) in [5.41, 5.74) is 1.92. The largest absolute Gasteiger partial charge is 0.478 e. The lowest BCUT2D eigenvalue weighted by atomic mass is 9.95. The van der Waals surface area contributed by atoms with E-state index in [0.29, 0.717) is 11.1 Å². The number of aromatic carboxylic acids is 1. The summed E-state index contributed by atoms with van der Waals surface area (Å²) >= 11 is 0. The van der Waals surface area contributed by atoms with Crippen molar-refractivity contribution < 1.29 is 9.90 Å². The third-order valence-corrected chi connectivity index (χ3v) is 3.35.